The standard InChI is InChI=1S/C23H25N5O3/c1-4-15-5-11-18(12-6-15)28-22(30)20-21(23(28)31)27(26-25-20)13-19(29)24-17-9-7-16(8-10-17)14(2)3/h5-12,14,20-21H,4,13H2,1-3H3,(H,24,29)/t20-,21+/m1/s1. The predicted octanol–water partition coefficient (Wildman–Crippen LogP) is 3.30. The van der Waals surface area contributed by atoms with Gasteiger partial charge in [-0.15, -0.1) is 0 Å². The van der Waals surface area contributed by atoms with E-state index >= 15 is 0 Å². The van der Waals surface area contributed by atoms with E-state index in [2.05, 4.69) is 29.5 Å². The highest BCUT2D eigenvalue weighted by Gasteiger charge is 2.55. The Bertz CT molecular complexity index is 1030. The summed E-state index contributed by atoms with van der Waals surface area (Å²) in [6, 6.07) is 13.1. The maximum Gasteiger partial charge on any atom is 0.263 e. The van der Waals surface area contributed by atoms with Crippen molar-refractivity contribution < 1.29 is 14.4 Å². The van der Waals surface area contributed by atoms with Gasteiger partial charge in [-0.2, -0.15) is 5.11 Å². The zero-order valence-corrected chi connectivity index (χ0v) is 17.8. The van der Waals surface area contributed by atoms with Gasteiger partial charge in [0.25, 0.3) is 11.8 Å². The van der Waals surface area contributed by atoms with Gasteiger partial charge in [-0.25, -0.2) is 4.90 Å². The molecule has 1 fully saturated rings. The number of benzene rings is 2. The topological polar surface area (TPSA) is 94.4 Å². The number of nitrogens with zero attached hydrogens (tertiary/aromatic N) is 4. The number of hydrogen-bond acceptors (Lipinski definition) is 6. The molecular weight excluding hydrogens is 394 g/mol. The molecule has 1 N–H and O–H groups in total. The minimum atomic E-state index is -0.920. The Morgan fingerprint density at radius 1 is 1.03 bits per heavy atom. The number of aryl methyl sites for hydroxylation is 1. The summed E-state index contributed by atoms with van der Waals surface area (Å²) < 4.78 is 0. The molecule has 2 aliphatic rings. The SMILES string of the molecule is CCc1ccc(N2C(=O)[C@@H]3[C@@H](N=NN3CC(=O)Nc3ccc(C(C)C)cc3)C2=O)cc1. The predicted molar refractivity (Wildman–Crippen MR) is 117 cm³/mol. The lowest BCUT2D eigenvalue weighted by molar-refractivity contribution is -0.123. The van der Waals surface area contributed by atoms with E-state index in [1.807, 2.05) is 43.3 Å². The lowest BCUT2D eigenvalue weighted by Gasteiger charge is -2.20. The Morgan fingerprint density at radius 2 is 1.71 bits per heavy atom. The smallest absolute Gasteiger partial charge is 0.263 e. The Kier molecular flexibility index (Phi) is 5.54. The van der Waals surface area contributed by atoms with E-state index in [4.69, 9.17) is 0 Å². The molecule has 4 rings (SSSR count). The molecule has 2 heterocycles. The molecule has 0 saturated carbocycles. The van der Waals surface area contributed by atoms with Gasteiger partial charge < -0.3 is 5.32 Å². The van der Waals surface area contributed by atoms with Crippen LogP contribution in [0.3, 0.4) is 0 Å². The van der Waals surface area contributed by atoms with Gasteiger partial charge in [0, 0.05) is 5.69 Å². The lowest BCUT2D eigenvalue weighted by Crippen LogP contribution is -2.43. The summed E-state index contributed by atoms with van der Waals surface area (Å²) in [4.78, 5) is 39.5. The molecule has 2 aromatic rings. The van der Waals surface area contributed by atoms with Gasteiger partial charge >= 0.3 is 0 Å². The molecule has 1 saturated heterocycles. The zero-order valence-electron chi connectivity index (χ0n) is 17.8. The van der Waals surface area contributed by atoms with Crippen LogP contribution in [0, 0.1) is 0 Å². The van der Waals surface area contributed by atoms with Crippen molar-refractivity contribution in [3.8, 4) is 0 Å². The number of carbonyl (C=O) groups is 3. The van der Waals surface area contributed by atoms with Gasteiger partial charge in [0.15, 0.2) is 12.1 Å². The molecule has 2 aliphatic heterocycles. The van der Waals surface area contributed by atoms with Gasteiger partial charge in [-0.3, -0.25) is 19.4 Å². The first-order chi connectivity index (χ1) is 14.9. The molecule has 160 valence electrons. The molecule has 3 amide bonds. The number of nitrogens with one attached hydrogen (secondary N) is 1. The maximum absolute atomic E-state index is 13.0. The van der Waals surface area contributed by atoms with E-state index in [-0.39, 0.29) is 12.5 Å². The van der Waals surface area contributed by atoms with Gasteiger partial charge in [0.1, 0.15) is 6.54 Å². The molecule has 2 aromatic carbocycles. The van der Waals surface area contributed by atoms with Gasteiger partial charge in [0.2, 0.25) is 5.91 Å². The molecule has 8 heteroatoms. The van der Waals surface area contributed by atoms with Crippen molar-refractivity contribution in [2.24, 2.45) is 10.3 Å². The Hall–Kier alpha value is -3.55. The van der Waals surface area contributed by atoms with Crippen LogP contribution in [0.2, 0.25) is 0 Å². The summed E-state index contributed by atoms with van der Waals surface area (Å²) in [6.07, 6.45) is 0.866. The molecule has 0 aromatic heterocycles. The molecule has 31 heavy (non-hydrogen) atoms. The van der Waals surface area contributed by atoms with Crippen LogP contribution < -0.4 is 10.2 Å². The molecule has 0 aliphatic carbocycles. The van der Waals surface area contributed by atoms with Crippen molar-refractivity contribution >= 4 is 29.1 Å². The first-order valence-electron chi connectivity index (χ1n) is 10.4. The largest absolute Gasteiger partial charge is 0.324 e. The van der Waals surface area contributed by atoms with E-state index < -0.39 is 23.9 Å². The number of amides is 3. The molecule has 0 unspecified atom stereocenters. The second-order valence-electron chi connectivity index (χ2n) is 8.05. The monoisotopic (exact) mass is 419 g/mol. The fourth-order valence-corrected chi connectivity index (χ4v) is 3.79. The summed E-state index contributed by atoms with van der Waals surface area (Å²) >= 11 is 0. The van der Waals surface area contributed by atoms with E-state index in [0.717, 1.165) is 16.9 Å². The third kappa shape index (κ3) is 3.93. The summed E-state index contributed by atoms with van der Waals surface area (Å²) in [6.45, 7) is 6.07. The van der Waals surface area contributed by atoms with Crippen molar-refractivity contribution in [3.63, 3.8) is 0 Å². The second kappa shape index (κ2) is 8.29. The number of fused-ring (bicyclic) bond motifs is 1. The van der Waals surface area contributed by atoms with E-state index in [1.165, 1.54) is 10.6 Å². The van der Waals surface area contributed by atoms with Crippen molar-refractivity contribution in [1.82, 2.24) is 5.01 Å². The molecule has 0 radical (unpaired) electrons. The van der Waals surface area contributed by atoms with Crippen molar-refractivity contribution in [3.05, 3.63) is 59.7 Å². The normalized spacial score (nSPS) is 20.0. The van der Waals surface area contributed by atoms with Crippen LogP contribution in [0.1, 0.15) is 37.8 Å². The van der Waals surface area contributed by atoms with Crippen LogP contribution in [0.4, 0.5) is 11.4 Å². The van der Waals surface area contributed by atoms with E-state index in [0.29, 0.717) is 17.3 Å². The van der Waals surface area contributed by atoms with Crippen molar-refractivity contribution in [2.45, 2.75) is 45.2 Å². The molecule has 0 bridgehead atoms. The summed E-state index contributed by atoms with van der Waals surface area (Å²) in [7, 11) is 0. The number of imide groups is 1. The van der Waals surface area contributed by atoms with Crippen LogP contribution in [0.15, 0.2) is 58.9 Å². The highest BCUT2D eigenvalue weighted by atomic mass is 16.2. The molecule has 8 nitrogen and oxygen atoms in total. The highest BCUT2D eigenvalue weighted by Crippen LogP contribution is 2.32. The lowest BCUT2D eigenvalue weighted by atomic mass is 10.0. The number of rotatable bonds is 6. The number of carbonyl (C=O) groups excluding carboxylic acids is 3. The third-order valence-electron chi connectivity index (χ3n) is 5.63. The van der Waals surface area contributed by atoms with Crippen LogP contribution in [0.5, 0.6) is 0 Å². The second-order valence-corrected chi connectivity index (χ2v) is 8.05. The molecule has 2 atom stereocenters. The summed E-state index contributed by atoms with van der Waals surface area (Å²) in [5, 5.41) is 12.0. The van der Waals surface area contributed by atoms with E-state index in [1.54, 1.807) is 12.1 Å². The quantitative estimate of drug-likeness (QED) is 0.727. The Balaban J connectivity index is 1.44. The maximum atomic E-state index is 13.0. The Labute approximate surface area is 180 Å². The van der Waals surface area contributed by atoms with Crippen LogP contribution >= 0.6 is 0 Å². The molecule has 0 spiro atoms. The van der Waals surface area contributed by atoms with E-state index in [9.17, 15) is 14.4 Å². The minimum Gasteiger partial charge on any atom is -0.324 e. The van der Waals surface area contributed by atoms with Crippen molar-refractivity contribution in [1.29, 1.82) is 0 Å². The minimum absolute atomic E-state index is 0.168. The Morgan fingerprint density at radius 3 is 2.32 bits per heavy atom. The fraction of sp³-hybridized carbons (Fsp3) is 0.348. The first kappa shape index (κ1) is 20.7. The zero-order chi connectivity index (χ0) is 22.1. The van der Waals surface area contributed by atoms with Crippen molar-refractivity contribution in [2.75, 3.05) is 16.8 Å². The molecular formula is C23H25N5O3. The van der Waals surface area contributed by atoms with Crippen LogP contribution in [0.25, 0.3) is 0 Å². The number of anilines is 2. The summed E-state index contributed by atoms with van der Waals surface area (Å²) in [5.41, 5.74) is 3.46. The average molecular weight is 419 g/mol. The van der Waals surface area contributed by atoms with Crippen LogP contribution in [-0.2, 0) is 20.8 Å². The van der Waals surface area contributed by atoms with Gasteiger partial charge in [0.05, 0.1) is 5.69 Å². The van der Waals surface area contributed by atoms with Crippen LogP contribution in [-0.4, -0.2) is 41.4 Å². The number of hydrogen-bond donors (Lipinski definition) is 1. The highest BCUT2D eigenvalue weighted by molar-refractivity contribution is 6.25. The van der Waals surface area contributed by atoms with Gasteiger partial charge in [-0.1, -0.05) is 50.3 Å². The third-order valence-corrected chi connectivity index (χ3v) is 5.63. The summed E-state index contributed by atoms with van der Waals surface area (Å²) in [5.74, 6) is -0.768. The average Bonchev–Trinajstić information content (AvgIpc) is 3.28. The fourth-order valence-electron chi connectivity index (χ4n) is 3.79. The van der Waals surface area contributed by atoms with Gasteiger partial charge in [-0.05, 0) is 47.7 Å². The first-order valence-corrected chi connectivity index (χ1v) is 10.4.